The molecule has 0 fully saturated rings. The second kappa shape index (κ2) is 4.89. The quantitative estimate of drug-likeness (QED) is 0.576. The number of hydrogen-bond donors (Lipinski definition) is 3. The average Bonchev–Trinajstić information content (AvgIpc) is 2.65. The van der Waals surface area contributed by atoms with Gasteiger partial charge in [-0.05, 0) is 12.5 Å². The lowest BCUT2D eigenvalue weighted by Crippen LogP contribution is -2.25. The normalized spacial score (nSPS) is 11.5. The van der Waals surface area contributed by atoms with Gasteiger partial charge in [-0.25, -0.2) is 13.1 Å². The monoisotopic (exact) mass is 233 g/mol. The molecule has 0 amide bonds. The Kier molecular flexibility index (Phi) is 3.81. The highest BCUT2D eigenvalue weighted by Crippen LogP contribution is 2.02. The zero-order chi connectivity index (χ0) is 11.3. The first kappa shape index (κ1) is 11.7. The van der Waals surface area contributed by atoms with Gasteiger partial charge in [-0.15, -0.1) is 0 Å². The molecule has 15 heavy (non-hydrogen) atoms. The van der Waals surface area contributed by atoms with Crippen molar-refractivity contribution < 1.29 is 18.3 Å². The molecule has 0 atom stereocenters. The van der Waals surface area contributed by atoms with Gasteiger partial charge in [0, 0.05) is 13.0 Å². The van der Waals surface area contributed by atoms with Crippen molar-refractivity contribution in [3.8, 4) is 0 Å². The van der Waals surface area contributed by atoms with Gasteiger partial charge in [0.05, 0.1) is 6.20 Å². The van der Waals surface area contributed by atoms with Gasteiger partial charge < -0.3 is 5.11 Å². The highest BCUT2D eigenvalue weighted by molar-refractivity contribution is 7.89. The van der Waals surface area contributed by atoms with Crippen LogP contribution < -0.4 is 4.72 Å². The Bertz CT molecular complexity index is 411. The summed E-state index contributed by atoms with van der Waals surface area (Å²) in [4.78, 5) is 10.2. The number of aromatic amines is 1. The second-order valence-corrected chi connectivity index (χ2v) is 4.55. The molecule has 8 heteroatoms. The molecule has 0 saturated heterocycles. The van der Waals surface area contributed by atoms with Crippen LogP contribution in [0, 0.1) is 0 Å². The van der Waals surface area contributed by atoms with E-state index < -0.39 is 16.0 Å². The van der Waals surface area contributed by atoms with Gasteiger partial charge >= 0.3 is 5.97 Å². The summed E-state index contributed by atoms with van der Waals surface area (Å²) in [6.45, 7) is 0.0909. The van der Waals surface area contributed by atoms with Crippen molar-refractivity contribution in [1.29, 1.82) is 0 Å². The molecule has 0 radical (unpaired) electrons. The van der Waals surface area contributed by atoms with E-state index in [4.69, 9.17) is 5.11 Å². The Morgan fingerprint density at radius 1 is 1.60 bits per heavy atom. The second-order valence-electron chi connectivity index (χ2n) is 2.82. The molecule has 1 aromatic heterocycles. The number of nitrogens with zero attached hydrogens (tertiary/aromatic N) is 1. The number of nitrogens with one attached hydrogen (secondary N) is 2. The van der Waals surface area contributed by atoms with Crippen LogP contribution in [-0.4, -0.2) is 36.2 Å². The van der Waals surface area contributed by atoms with E-state index >= 15 is 0 Å². The van der Waals surface area contributed by atoms with Gasteiger partial charge in [0.2, 0.25) is 0 Å². The summed E-state index contributed by atoms with van der Waals surface area (Å²) in [5, 5.41) is 14.1. The maximum atomic E-state index is 11.4. The summed E-state index contributed by atoms with van der Waals surface area (Å²) in [5.41, 5.74) is 0. The lowest BCUT2D eigenvalue weighted by atomic mass is 10.3. The van der Waals surface area contributed by atoms with Gasteiger partial charge in [-0.2, -0.15) is 5.10 Å². The van der Waals surface area contributed by atoms with Crippen molar-refractivity contribution >= 4 is 16.0 Å². The van der Waals surface area contributed by atoms with Crippen molar-refractivity contribution in [2.75, 3.05) is 6.54 Å². The fourth-order valence-corrected chi connectivity index (χ4v) is 1.90. The minimum atomic E-state index is -3.58. The number of sulfonamides is 1. The summed E-state index contributed by atoms with van der Waals surface area (Å²) < 4.78 is 25.1. The molecule has 0 aliphatic carbocycles. The molecule has 1 aromatic rings. The van der Waals surface area contributed by atoms with Gasteiger partial charge in [0.15, 0.2) is 5.03 Å². The first-order valence-corrected chi connectivity index (χ1v) is 5.71. The molecule has 0 bridgehead atoms. The van der Waals surface area contributed by atoms with Crippen LogP contribution in [-0.2, 0) is 14.8 Å². The molecule has 0 aliphatic rings. The number of rotatable bonds is 6. The zero-order valence-corrected chi connectivity index (χ0v) is 8.62. The minimum Gasteiger partial charge on any atom is -0.481 e. The number of H-pyrrole nitrogens is 1. The number of carbonyl (C=O) groups is 1. The van der Waals surface area contributed by atoms with Crippen molar-refractivity contribution in [1.82, 2.24) is 14.9 Å². The number of aromatic nitrogens is 2. The summed E-state index contributed by atoms with van der Waals surface area (Å²) in [7, 11) is -3.58. The van der Waals surface area contributed by atoms with E-state index in [1.54, 1.807) is 0 Å². The SMILES string of the molecule is O=C(O)CCCNS(=O)(=O)c1ccn[nH]1. The van der Waals surface area contributed by atoms with Crippen LogP contribution in [0.1, 0.15) is 12.8 Å². The van der Waals surface area contributed by atoms with E-state index in [-0.39, 0.29) is 24.4 Å². The maximum absolute atomic E-state index is 11.4. The van der Waals surface area contributed by atoms with Crippen LogP contribution >= 0.6 is 0 Å². The third-order valence-electron chi connectivity index (χ3n) is 1.62. The predicted molar refractivity (Wildman–Crippen MR) is 50.6 cm³/mol. The minimum absolute atomic E-state index is 0.0298. The standard InChI is InChI=1S/C7H11N3O4S/c11-7(12)2-1-4-9-15(13,14)6-3-5-8-10-6/h3,5,9H,1-2,4H2,(H,8,10)(H,11,12). The van der Waals surface area contributed by atoms with Gasteiger partial charge in [-0.3, -0.25) is 9.89 Å². The van der Waals surface area contributed by atoms with Gasteiger partial charge in [0.25, 0.3) is 10.0 Å². The largest absolute Gasteiger partial charge is 0.481 e. The van der Waals surface area contributed by atoms with Crippen LogP contribution in [0.5, 0.6) is 0 Å². The molecular formula is C7H11N3O4S. The molecule has 0 unspecified atom stereocenters. The maximum Gasteiger partial charge on any atom is 0.303 e. The number of aliphatic carboxylic acids is 1. The summed E-state index contributed by atoms with van der Waals surface area (Å²) in [6, 6.07) is 1.32. The molecule has 7 nitrogen and oxygen atoms in total. The van der Waals surface area contributed by atoms with E-state index in [1.165, 1.54) is 12.3 Å². The molecular weight excluding hydrogens is 222 g/mol. The van der Waals surface area contributed by atoms with E-state index in [0.717, 1.165) is 0 Å². The third-order valence-corrected chi connectivity index (χ3v) is 3.01. The molecule has 84 valence electrons. The lowest BCUT2D eigenvalue weighted by Gasteiger charge is -2.02. The Labute approximate surface area is 86.6 Å². The summed E-state index contributed by atoms with van der Waals surface area (Å²) in [5.74, 6) is -0.948. The van der Waals surface area contributed by atoms with Gasteiger partial charge in [-0.1, -0.05) is 0 Å². The fraction of sp³-hybridized carbons (Fsp3) is 0.429. The van der Waals surface area contributed by atoms with Crippen molar-refractivity contribution in [3.05, 3.63) is 12.3 Å². The molecule has 1 heterocycles. The zero-order valence-electron chi connectivity index (χ0n) is 7.80. The first-order chi connectivity index (χ1) is 7.02. The number of hydrogen-bond acceptors (Lipinski definition) is 4. The van der Waals surface area contributed by atoms with E-state index in [0.29, 0.717) is 0 Å². The van der Waals surface area contributed by atoms with E-state index in [2.05, 4.69) is 14.9 Å². The van der Waals surface area contributed by atoms with Crippen LogP contribution in [0.15, 0.2) is 17.3 Å². The first-order valence-electron chi connectivity index (χ1n) is 4.23. The van der Waals surface area contributed by atoms with Crippen molar-refractivity contribution in [3.63, 3.8) is 0 Å². The topological polar surface area (TPSA) is 112 Å². The summed E-state index contributed by atoms with van der Waals surface area (Å²) >= 11 is 0. The van der Waals surface area contributed by atoms with Crippen molar-refractivity contribution in [2.45, 2.75) is 17.9 Å². The summed E-state index contributed by atoms with van der Waals surface area (Å²) in [6.07, 6.45) is 1.51. The smallest absolute Gasteiger partial charge is 0.303 e. The van der Waals surface area contributed by atoms with Gasteiger partial charge in [0.1, 0.15) is 0 Å². The molecule has 0 aromatic carbocycles. The Hall–Kier alpha value is -1.41. The van der Waals surface area contributed by atoms with E-state index in [9.17, 15) is 13.2 Å². The average molecular weight is 233 g/mol. The third kappa shape index (κ3) is 3.68. The van der Waals surface area contributed by atoms with Crippen LogP contribution in [0.25, 0.3) is 0 Å². The fourth-order valence-electron chi connectivity index (χ4n) is 0.917. The Balaban J connectivity index is 2.42. The van der Waals surface area contributed by atoms with Crippen LogP contribution in [0.3, 0.4) is 0 Å². The predicted octanol–water partition coefficient (Wildman–Crippen LogP) is -0.447. The molecule has 1 rings (SSSR count). The Morgan fingerprint density at radius 2 is 2.33 bits per heavy atom. The number of carboxylic acids is 1. The van der Waals surface area contributed by atoms with Crippen LogP contribution in [0.2, 0.25) is 0 Å². The molecule has 3 N–H and O–H groups in total. The number of carboxylic acid groups (broad SMARTS) is 1. The lowest BCUT2D eigenvalue weighted by molar-refractivity contribution is -0.137. The molecule has 0 aliphatic heterocycles. The highest BCUT2D eigenvalue weighted by Gasteiger charge is 2.14. The highest BCUT2D eigenvalue weighted by atomic mass is 32.2. The molecule has 0 spiro atoms. The van der Waals surface area contributed by atoms with Crippen LogP contribution in [0.4, 0.5) is 0 Å². The van der Waals surface area contributed by atoms with Crippen molar-refractivity contribution in [2.24, 2.45) is 0 Å². The van der Waals surface area contributed by atoms with E-state index in [1.807, 2.05) is 0 Å². The molecule has 0 saturated carbocycles. The Morgan fingerprint density at radius 3 is 2.87 bits per heavy atom.